The third-order valence-electron chi connectivity index (χ3n) is 1.77. The van der Waals surface area contributed by atoms with Gasteiger partial charge in [-0.1, -0.05) is 6.08 Å². The molecule has 0 bridgehead atoms. The van der Waals surface area contributed by atoms with Gasteiger partial charge in [-0.2, -0.15) is 0 Å². The van der Waals surface area contributed by atoms with Crippen molar-refractivity contribution in [3.63, 3.8) is 0 Å². The number of rotatable bonds is 2. The summed E-state index contributed by atoms with van der Waals surface area (Å²) in [5, 5.41) is 10.0. The topological polar surface area (TPSA) is 79.0 Å². The number of amidine groups is 1. The molecular weight excluding hydrogens is 190 g/mol. The van der Waals surface area contributed by atoms with E-state index in [2.05, 4.69) is 5.32 Å². The quantitative estimate of drug-likeness (QED) is 0.293. The van der Waals surface area contributed by atoms with Crippen LogP contribution in [-0.4, -0.2) is 11.7 Å². The Bertz CT molecular complexity index is 393. The first-order valence-corrected chi connectivity index (χ1v) is 4.51. The van der Waals surface area contributed by atoms with Crippen LogP contribution in [0.4, 0.5) is 5.69 Å². The lowest BCUT2D eigenvalue weighted by atomic mass is 10.2. The van der Waals surface area contributed by atoms with Crippen molar-refractivity contribution >= 4 is 17.4 Å². The zero-order valence-corrected chi connectivity index (χ0v) is 8.45. The maximum atomic E-state index is 11.1. The second-order valence-electron chi connectivity index (χ2n) is 2.99. The number of anilines is 1. The summed E-state index contributed by atoms with van der Waals surface area (Å²) < 4.78 is 0. The predicted molar refractivity (Wildman–Crippen MR) is 60.6 cm³/mol. The molecular formula is C11H13N3O. The van der Waals surface area contributed by atoms with Crippen LogP contribution in [0.2, 0.25) is 0 Å². The average molecular weight is 203 g/mol. The minimum absolute atomic E-state index is 0.0677. The molecule has 1 aromatic carbocycles. The molecule has 1 amide bonds. The van der Waals surface area contributed by atoms with Crippen molar-refractivity contribution in [1.82, 2.24) is 5.32 Å². The SMILES string of the molecule is CC=CC(=O)NC(=N)c1ccc(N)cc1. The maximum absolute atomic E-state index is 11.1. The van der Waals surface area contributed by atoms with Crippen molar-refractivity contribution in [1.29, 1.82) is 5.41 Å². The minimum atomic E-state index is -0.306. The Morgan fingerprint density at radius 2 is 2.00 bits per heavy atom. The number of carbonyl (C=O) groups excluding carboxylic acids is 1. The molecule has 0 saturated carbocycles. The minimum Gasteiger partial charge on any atom is -0.399 e. The number of nitrogens with one attached hydrogen (secondary N) is 2. The average Bonchev–Trinajstić information content (AvgIpc) is 2.18. The van der Waals surface area contributed by atoms with Gasteiger partial charge in [-0.3, -0.25) is 10.2 Å². The predicted octanol–water partition coefficient (Wildman–Crippen LogP) is 1.29. The van der Waals surface area contributed by atoms with E-state index in [1.165, 1.54) is 6.08 Å². The lowest BCUT2D eigenvalue weighted by Gasteiger charge is -2.04. The fourth-order valence-electron chi connectivity index (χ4n) is 1.04. The van der Waals surface area contributed by atoms with Crippen LogP contribution in [0, 0.1) is 5.41 Å². The number of nitrogens with two attached hydrogens (primary N) is 1. The number of hydrogen-bond donors (Lipinski definition) is 3. The summed E-state index contributed by atoms with van der Waals surface area (Å²) >= 11 is 0. The monoisotopic (exact) mass is 203 g/mol. The highest BCUT2D eigenvalue weighted by Crippen LogP contribution is 2.04. The molecule has 0 radical (unpaired) electrons. The fraction of sp³-hybridized carbons (Fsp3) is 0.0909. The molecule has 0 unspecified atom stereocenters. The molecule has 15 heavy (non-hydrogen) atoms. The van der Waals surface area contributed by atoms with Gasteiger partial charge in [-0.15, -0.1) is 0 Å². The Morgan fingerprint density at radius 1 is 1.40 bits per heavy atom. The summed E-state index contributed by atoms with van der Waals surface area (Å²) in [7, 11) is 0. The zero-order valence-electron chi connectivity index (χ0n) is 8.45. The molecule has 4 N–H and O–H groups in total. The van der Waals surface area contributed by atoms with Gasteiger partial charge in [0.25, 0.3) is 0 Å². The van der Waals surface area contributed by atoms with Crippen molar-refractivity contribution < 1.29 is 4.79 Å². The number of allylic oxidation sites excluding steroid dienone is 1. The second-order valence-corrected chi connectivity index (χ2v) is 2.99. The Hall–Kier alpha value is -2.10. The van der Waals surface area contributed by atoms with E-state index in [0.29, 0.717) is 11.3 Å². The first-order valence-electron chi connectivity index (χ1n) is 4.51. The Balaban J connectivity index is 2.69. The number of nitrogen functional groups attached to an aromatic ring is 1. The van der Waals surface area contributed by atoms with Crippen LogP contribution in [0.15, 0.2) is 36.4 Å². The van der Waals surface area contributed by atoms with Crippen LogP contribution in [0.3, 0.4) is 0 Å². The van der Waals surface area contributed by atoms with Gasteiger partial charge in [0.15, 0.2) is 0 Å². The largest absolute Gasteiger partial charge is 0.399 e. The Labute approximate surface area is 88.3 Å². The lowest BCUT2D eigenvalue weighted by Crippen LogP contribution is -2.28. The van der Waals surface area contributed by atoms with Crippen molar-refractivity contribution in [3.05, 3.63) is 42.0 Å². The summed E-state index contributed by atoms with van der Waals surface area (Å²) in [5.74, 6) is -0.238. The van der Waals surface area contributed by atoms with Gasteiger partial charge in [0.1, 0.15) is 5.84 Å². The molecule has 1 rings (SSSR count). The molecule has 0 atom stereocenters. The smallest absolute Gasteiger partial charge is 0.249 e. The normalized spacial score (nSPS) is 10.2. The molecule has 0 heterocycles. The molecule has 4 heteroatoms. The van der Waals surface area contributed by atoms with E-state index >= 15 is 0 Å². The highest BCUT2D eigenvalue weighted by molar-refractivity contribution is 6.09. The Morgan fingerprint density at radius 3 is 2.53 bits per heavy atom. The lowest BCUT2D eigenvalue weighted by molar-refractivity contribution is -0.115. The van der Waals surface area contributed by atoms with Crippen molar-refractivity contribution in [2.45, 2.75) is 6.92 Å². The summed E-state index contributed by atoms with van der Waals surface area (Å²) in [5.41, 5.74) is 6.76. The van der Waals surface area contributed by atoms with Crippen LogP contribution in [-0.2, 0) is 4.79 Å². The molecule has 0 spiro atoms. The molecule has 78 valence electrons. The molecule has 0 aliphatic carbocycles. The second kappa shape index (κ2) is 4.95. The molecule has 0 aliphatic rings. The number of hydrogen-bond acceptors (Lipinski definition) is 3. The van der Waals surface area contributed by atoms with Crippen LogP contribution in [0.5, 0.6) is 0 Å². The highest BCUT2D eigenvalue weighted by atomic mass is 16.1. The van der Waals surface area contributed by atoms with E-state index in [1.807, 2.05) is 0 Å². The number of benzene rings is 1. The molecule has 0 saturated heterocycles. The number of amides is 1. The van der Waals surface area contributed by atoms with Crippen LogP contribution in [0.25, 0.3) is 0 Å². The van der Waals surface area contributed by atoms with E-state index < -0.39 is 0 Å². The zero-order chi connectivity index (χ0) is 11.3. The summed E-state index contributed by atoms with van der Waals surface area (Å²) in [6, 6.07) is 6.75. The third-order valence-corrected chi connectivity index (χ3v) is 1.77. The molecule has 0 aromatic heterocycles. The summed E-state index contributed by atoms with van der Waals surface area (Å²) in [4.78, 5) is 11.1. The van der Waals surface area contributed by atoms with Crippen LogP contribution < -0.4 is 11.1 Å². The highest BCUT2D eigenvalue weighted by Gasteiger charge is 2.03. The van der Waals surface area contributed by atoms with Crippen LogP contribution in [0.1, 0.15) is 12.5 Å². The maximum Gasteiger partial charge on any atom is 0.249 e. The number of carbonyl (C=O) groups is 1. The standard InChI is InChI=1S/C11H13N3O/c1-2-3-10(15)14-11(13)8-4-6-9(12)7-5-8/h2-7H,12H2,1H3,(H2,13,14,15). The van der Waals surface area contributed by atoms with Gasteiger partial charge in [0, 0.05) is 11.3 Å². The van der Waals surface area contributed by atoms with Crippen molar-refractivity contribution in [2.24, 2.45) is 0 Å². The van der Waals surface area contributed by atoms with E-state index in [0.717, 1.165) is 0 Å². The van der Waals surface area contributed by atoms with E-state index in [4.69, 9.17) is 11.1 Å². The van der Waals surface area contributed by atoms with E-state index in [9.17, 15) is 4.79 Å². The van der Waals surface area contributed by atoms with Crippen molar-refractivity contribution in [3.8, 4) is 0 Å². The molecule has 0 fully saturated rings. The van der Waals surface area contributed by atoms with Gasteiger partial charge in [-0.25, -0.2) is 0 Å². The van der Waals surface area contributed by atoms with Gasteiger partial charge >= 0.3 is 0 Å². The first-order chi connectivity index (χ1) is 7.13. The fourth-order valence-corrected chi connectivity index (χ4v) is 1.04. The molecule has 0 aliphatic heterocycles. The molecule has 4 nitrogen and oxygen atoms in total. The Kier molecular flexibility index (Phi) is 3.62. The van der Waals surface area contributed by atoms with Gasteiger partial charge in [-0.05, 0) is 37.3 Å². The van der Waals surface area contributed by atoms with Gasteiger partial charge in [0.2, 0.25) is 5.91 Å². The first kappa shape index (κ1) is 11.0. The van der Waals surface area contributed by atoms with E-state index in [1.54, 1.807) is 37.3 Å². The van der Waals surface area contributed by atoms with Crippen LogP contribution >= 0.6 is 0 Å². The van der Waals surface area contributed by atoms with Gasteiger partial charge in [0.05, 0.1) is 0 Å². The summed E-state index contributed by atoms with van der Waals surface area (Å²) in [6.45, 7) is 1.74. The summed E-state index contributed by atoms with van der Waals surface area (Å²) in [6.07, 6.45) is 2.98. The van der Waals surface area contributed by atoms with Gasteiger partial charge < -0.3 is 11.1 Å². The van der Waals surface area contributed by atoms with Crippen molar-refractivity contribution in [2.75, 3.05) is 5.73 Å². The van der Waals surface area contributed by atoms with E-state index in [-0.39, 0.29) is 11.7 Å². The molecule has 1 aromatic rings. The third kappa shape index (κ3) is 3.27.